The molecule has 0 atom stereocenters. The van der Waals surface area contributed by atoms with Crippen molar-refractivity contribution in [1.82, 2.24) is 0 Å². The lowest BCUT2D eigenvalue weighted by Crippen LogP contribution is -2.11. The Morgan fingerprint density at radius 1 is 0.923 bits per heavy atom. The van der Waals surface area contributed by atoms with Gasteiger partial charge in [-0.2, -0.15) is 0 Å². The molecule has 6 nitrogen and oxygen atoms in total. The molecule has 6 heteroatoms. The van der Waals surface area contributed by atoms with E-state index in [0.29, 0.717) is 0 Å². The van der Waals surface area contributed by atoms with Gasteiger partial charge in [0.05, 0.1) is 0 Å². The summed E-state index contributed by atoms with van der Waals surface area (Å²) in [5, 5.41) is 13.4. The molecule has 0 aliphatic carbocycles. The number of fused-ring (bicyclic) bond motifs is 1. The third kappa shape index (κ3) is 4.30. The highest BCUT2D eigenvalue weighted by Crippen LogP contribution is 2.28. The van der Waals surface area contributed by atoms with Gasteiger partial charge in [-0.1, -0.05) is 30.3 Å². The van der Waals surface area contributed by atoms with Gasteiger partial charge in [-0.3, -0.25) is 17.1 Å². The number of amidine groups is 1. The zero-order valence-electron chi connectivity index (χ0n) is 15.2. The molecular weight excluding hydrogens is 324 g/mol. The zero-order valence-corrected chi connectivity index (χ0v) is 15.2. The fourth-order valence-corrected chi connectivity index (χ4v) is 2.85. The topological polar surface area (TPSA) is 117 Å². The second kappa shape index (κ2) is 8.84. The Morgan fingerprint density at radius 2 is 1.54 bits per heavy atom. The van der Waals surface area contributed by atoms with Crippen LogP contribution >= 0.6 is 0 Å². The Labute approximate surface area is 154 Å². The van der Waals surface area contributed by atoms with Gasteiger partial charge in [0.15, 0.2) is 0 Å². The Hall–Kier alpha value is -3.09. The predicted molar refractivity (Wildman–Crippen MR) is 111 cm³/mol. The first-order valence-corrected chi connectivity index (χ1v) is 8.26. The van der Waals surface area contributed by atoms with Crippen LogP contribution in [0.5, 0.6) is 0 Å². The van der Waals surface area contributed by atoms with Crippen molar-refractivity contribution in [1.29, 1.82) is 5.41 Å². The number of nitrogens with one attached hydrogen (secondary N) is 2. The molecule has 0 aliphatic heterocycles. The molecule has 8 N–H and O–H groups in total. The van der Waals surface area contributed by atoms with E-state index in [1.807, 2.05) is 24.3 Å². The SMILES string of the molecule is CN(C)c1ccc(CNc2ccc(C(=N)N)cc2)c2ccccc12.NN. The van der Waals surface area contributed by atoms with Crippen molar-refractivity contribution in [3.63, 3.8) is 0 Å². The van der Waals surface area contributed by atoms with E-state index in [0.717, 1.165) is 17.8 Å². The Morgan fingerprint density at radius 3 is 2.12 bits per heavy atom. The van der Waals surface area contributed by atoms with E-state index in [1.54, 1.807) is 0 Å². The summed E-state index contributed by atoms with van der Waals surface area (Å²) < 4.78 is 0. The van der Waals surface area contributed by atoms with Gasteiger partial charge < -0.3 is 16.0 Å². The standard InChI is InChI=1S/C20H22N4.H4N2/c1-24(2)19-12-9-15(17-5-3-4-6-18(17)19)13-23-16-10-7-14(8-11-16)20(21)22;1-2/h3-12,23H,13H2,1-2H3,(H3,21,22);1-2H2. The van der Waals surface area contributed by atoms with Crippen LogP contribution in [0.25, 0.3) is 10.8 Å². The number of hydrogen-bond acceptors (Lipinski definition) is 5. The van der Waals surface area contributed by atoms with E-state index in [-0.39, 0.29) is 5.84 Å². The van der Waals surface area contributed by atoms with Crippen molar-refractivity contribution in [2.75, 3.05) is 24.3 Å². The third-order valence-corrected chi connectivity index (χ3v) is 4.15. The molecule has 0 heterocycles. The molecule has 0 aliphatic rings. The average Bonchev–Trinajstić information content (AvgIpc) is 2.67. The largest absolute Gasteiger partial charge is 0.384 e. The molecule has 3 rings (SSSR count). The molecule has 0 radical (unpaired) electrons. The van der Waals surface area contributed by atoms with Crippen LogP contribution in [-0.4, -0.2) is 19.9 Å². The van der Waals surface area contributed by atoms with Crippen molar-refractivity contribution in [2.45, 2.75) is 6.54 Å². The molecule has 0 fully saturated rings. The Balaban J connectivity index is 0.00000117. The molecule has 0 unspecified atom stereocenters. The highest BCUT2D eigenvalue weighted by molar-refractivity contribution is 5.96. The monoisotopic (exact) mass is 350 g/mol. The second-order valence-corrected chi connectivity index (χ2v) is 6.03. The van der Waals surface area contributed by atoms with Crippen molar-refractivity contribution in [3.8, 4) is 0 Å². The number of hydrazine groups is 1. The molecule has 3 aromatic carbocycles. The third-order valence-electron chi connectivity index (χ3n) is 4.15. The van der Waals surface area contributed by atoms with Gasteiger partial charge in [0.1, 0.15) is 5.84 Å². The van der Waals surface area contributed by atoms with Gasteiger partial charge in [-0.05, 0) is 41.3 Å². The second-order valence-electron chi connectivity index (χ2n) is 6.03. The molecule has 0 aromatic heterocycles. The van der Waals surface area contributed by atoms with Gasteiger partial charge in [0.2, 0.25) is 0 Å². The normalized spacial score (nSPS) is 10.0. The summed E-state index contributed by atoms with van der Waals surface area (Å²) in [6, 6.07) is 20.4. The van der Waals surface area contributed by atoms with Crippen LogP contribution in [0.4, 0.5) is 11.4 Å². The van der Waals surface area contributed by atoms with E-state index in [4.69, 9.17) is 11.1 Å². The van der Waals surface area contributed by atoms with Crippen LogP contribution in [0.2, 0.25) is 0 Å². The van der Waals surface area contributed by atoms with Crippen LogP contribution < -0.4 is 27.6 Å². The number of nitrogens with zero attached hydrogens (tertiary/aromatic N) is 1. The van der Waals surface area contributed by atoms with Gasteiger partial charge in [0.25, 0.3) is 0 Å². The van der Waals surface area contributed by atoms with E-state index in [1.165, 1.54) is 22.0 Å². The predicted octanol–water partition coefficient (Wildman–Crippen LogP) is 2.62. The molecular formula is C20H26N6. The van der Waals surface area contributed by atoms with Crippen LogP contribution in [0.1, 0.15) is 11.1 Å². The lowest BCUT2D eigenvalue weighted by molar-refractivity contribution is 1.13. The van der Waals surface area contributed by atoms with Crippen LogP contribution in [0.15, 0.2) is 60.7 Å². The van der Waals surface area contributed by atoms with Crippen molar-refractivity contribution in [2.24, 2.45) is 17.4 Å². The molecule has 0 spiro atoms. The molecule has 0 amide bonds. The van der Waals surface area contributed by atoms with Crippen LogP contribution in [0.3, 0.4) is 0 Å². The van der Waals surface area contributed by atoms with Gasteiger partial charge in [0, 0.05) is 43.0 Å². The first-order chi connectivity index (χ1) is 12.6. The summed E-state index contributed by atoms with van der Waals surface area (Å²) in [7, 11) is 4.13. The fourth-order valence-electron chi connectivity index (χ4n) is 2.85. The summed E-state index contributed by atoms with van der Waals surface area (Å²) in [5.41, 5.74) is 9.72. The zero-order chi connectivity index (χ0) is 19.1. The maximum Gasteiger partial charge on any atom is 0.122 e. The molecule has 0 bridgehead atoms. The summed E-state index contributed by atoms with van der Waals surface area (Å²) >= 11 is 0. The number of rotatable bonds is 5. The summed E-state index contributed by atoms with van der Waals surface area (Å²) in [5.74, 6) is 8.09. The van der Waals surface area contributed by atoms with E-state index < -0.39 is 0 Å². The average molecular weight is 350 g/mol. The number of nitrogen functional groups attached to an aromatic ring is 1. The summed E-state index contributed by atoms with van der Waals surface area (Å²) in [6.07, 6.45) is 0. The first-order valence-electron chi connectivity index (χ1n) is 8.26. The maximum atomic E-state index is 7.44. The molecule has 26 heavy (non-hydrogen) atoms. The summed E-state index contributed by atoms with van der Waals surface area (Å²) in [4.78, 5) is 2.14. The summed E-state index contributed by atoms with van der Waals surface area (Å²) in [6.45, 7) is 0.744. The minimum Gasteiger partial charge on any atom is -0.384 e. The van der Waals surface area contributed by atoms with E-state index >= 15 is 0 Å². The van der Waals surface area contributed by atoms with Crippen LogP contribution in [-0.2, 0) is 6.54 Å². The lowest BCUT2D eigenvalue weighted by atomic mass is 10.0. The lowest BCUT2D eigenvalue weighted by Gasteiger charge is -2.18. The van der Waals surface area contributed by atoms with Crippen molar-refractivity contribution >= 4 is 28.0 Å². The van der Waals surface area contributed by atoms with Crippen molar-refractivity contribution in [3.05, 3.63) is 71.8 Å². The van der Waals surface area contributed by atoms with E-state index in [2.05, 4.69) is 72.4 Å². The molecule has 0 saturated carbocycles. The Kier molecular flexibility index (Phi) is 6.54. The quantitative estimate of drug-likeness (QED) is 0.210. The number of anilines is 2. The number of benzene rings is 3. The first kappa shape index (κ1) is 19.2. The smallest absolute Gasteiger partial charge is 0.122 e. The highest BCUT2D eigenvalue weighted by atomic mass is 15.1. The molecule has 3 aromatic rings. The number of nitrogens with two attached hydrogens (primary N) is 3. The number of hydrogen-bond donors (Lipinski definition) is 5. The molecule has 0 saturated heterocycles. The highest BCUT2D eigenvalue weighted by Gasteiger charge is 2.07. The van der Waals surface area contributed by atoms with Crippen LogP contribution in [0, 0.1) is 5.41 Å². The van der Waals surface area contributed by atoms with Gasteiger partial charge >= 0.3 is 0 Å². The maximum absolute atomic E-state index is 7.44. The fraction of sp³-hybridized carbons (Fsp3) is 0.150. The van der Waals surface area contributed by atoms with Gasteiger partial charge in [-0.15, -0.1) is 0 Å². The van der Waals surface area contributed by atoms with E-state index in [9.17, 15) is 0 Å². The Bertz CT molecular complexity index is 871. The molecule has 136 valence electrons. The minimum absolute atomic E-state index is 0.0896. The van der Waals surface area contributed by atoms with Gasteiger partial charge in [-0.25, -0.2) is 0 Å². The van der Waals surface area contributed by atoms with Crippen molar-refractivity contribution < 1.29 is 0 Å². The minimum atomic E-state index is 0.0896.